The maximum Gasteiger partial charge on any atom is 0.267 e. The fourth-order valence-electron chi connectivity index (χ4n) is 3.82. The molecule has 2 aromatic carbocycles. The normalized spacial score (nSPS) is 17.5. The molecular weight excluding hydrogens is 442 g/mol. The van der Waals surface area contributed by atoms with E-state index in [1.165, 1.54) is 11.3 Å². The van der Waals surface area contributed by atoms with Crippen molar-refractivity contribution in [3.05, 3.63) is 70.7 Å². The Morgan fingerprint density at radius 1 is 1.00 bits per heavy atom. The molecule has 0 radical (unpaired) electrons. The summed E-state index contributed by atoms with van der Waals surface area (Å²) in [4.78, 5) is 33.5. The van der Waals surface area contributed by atoms with Gasteiger partial charge >= 0.3 is 0 Å². The van der Waals surface area contributed by atoms with Gasteiger partial charge in [0.2, 0.25) is 6.10 Å². The largest absolute Gasteiger partial charge is 0.487 e. The van der Waals surface area contributed by atoms with E-state index < -0.39 is 6.10 Å². The molecule has 1 saturated heterocycles. The van der Waals surface area contributed by atoms with Crippen molar-refractivity contribution in [3.63, 3.8) is 0 Å². The molecule has 1 fully saturated rings. The second kappa shape index (κ2) is 9.50. The number of rotatable bonds is 5. The first-order chi connectivity index (χ1) is 16.2. The number of hydrogen-bond donors (Lipinski definition) is 0. The quantitative estimate of drug-likeness (QED) is 0.577. The zero-order valence-electron chi connectivity index (χ0n) is 17.9. The number of hydrogen-bond acceptors (Lipinski definition) is 7. The monoisotopic (exact) mass is 465 g/mol. The number of fused-ring (bicyclic) bond motifs is 1. The fraction of sp³-hybridized carbons (Fsp3) is 0.292. The van der Waals surface area contributed by atoms with Crippen LogP contribution in [0.2, 0.25) is 0 Å². The number of nitrogens with zero attached hydrogens (tertiary/aromatic N) is 3. The summed E-state index contributed by atoms with van der Waals surface area (Å²) in [5, 5.41) is 1.94. The predicted octanol–water partition coefficient (Wildman–Crippen LogP) is 2.85. The highest BCUT2D eigenvalue weighted by Crippen LogP contribution is 2.31. The second-order valence-corrected chi connectivity index (χ2v) is 8.49. The van der Waals surface area contributed by atoms with Crippen LogP contribution in [0.25, 0.3) is 0 Å². The molecule has 2 aliphatic rings. The first-order valence-electron chi connectivity index (χ1n) is 10.7. The van der Waals surface area contributed by atoms with Gasteiger partial charge in [-0.1, -0.05) is 12.1 Å². The van der Waals surface area contributed by atoms with Crippen molar-refractivity contribution < 1.29 is 23.8 Å². The minimum absolute atomic E-state index is 0.0562. The van der Waals surface area contributed by atoms with Crippen LogP contribution in [0.1, 0.15) is 16.1 Å². The molecule has 2 amide bonds. The summed E-state index contributed by atoms with van der Waals surface area (Å²) in [6.45, 7) is 2.44. The third-order valence-corrected chi connectivity index (χ3v) is 6.27. The zero-order chi connectivity index (χ0) is 22.6. The van der Waals surface area contributed by atoms with Gasteiger partial charge in [0.15, 0.2) is 11.5 Å². The molecule has 170 valence electrons. The van der Waals surface area contributed by atoms with Crippen molar-refractivity contribution in [3.8, 4) is 17.2 Å². The highest BCUT2D eigenvalue weighted by molar-refractivity contribution is 7.07. The molecule has 0 aliphatic carbocycles. The van der Waals surface area contributed by atoms with Crippen LogP contribution in [0.5, 0.6) is 17.2 Å². The summed E-state index contributed by atoms with van der Waals surface area (Å²) in [6.07, 6.45) is -0.668. The van der Waals surface area contributed by atoms with Gasteiger partial charge < -0.3 is 24.0 Å². The number of amides is 2. The Balaban J connectivity index is 1.12. The van der Waals surface area contributed by atoms with Crippen LogP contribution in [-0.2, 0) is 11.4 Å². The lowest BCUT2D eigenvalue weighted by atomic mass is 10.1. The lowest BCUT2D eigenvalue weighted by Gasteiger charge is -2.37. The van der Waals surface area contributed by atoms with Gasteiger partial charge in [-0.25, -0.2) is 4.98 Å². The van der Waals surface area contributed by atoms with E-state index in [2.05, 4.69) is 4.98 Å². The highest BCUT2D eigenvalue weighted by Gasteiger charge is 2.33. The summed E-state index contributed by atoms with van der Waals surface area (Å²) >= 11 is 1.53. The molecular formula is C24H23N3O5S. The van der Waals surface area contributed by atoms with Gasteiger partial charge in [-0.15, -0.1) is 11.3 Å². The minimum atomic E-state index is -0.668. The summed E-state index contributed by atoms with van der Waals surface area (Å²) in [5.41, 5.74) is 3.24. The van der Waals surface area contributed by atoms with Gasteiger partial charge in [0.1, 0.15) is 19.0 Å². The lowest BCUT2D eigenvalue weighted by Crippen LogP contribution is -2.55. The van der Waals surface area contributed by atoms with E-state index in [0.29, 0.717) is 55.6 Å². The number of benzene rings is 2. The van der Waals surface area contributed by atoms with Gasteiger partial charge in [-0.3, -0.25) is 9.59 Å². The molecule has 0 bridgehead atoms. The Kier molecular flexibility index (Phi) is 6.12. The zero-order valence-corrected chi connectivity index (χ0v) is 18.7. The van der Waals surface area contributed by atoms with E-state index in [4.69, 9.17) is 14.2 Å². The number of ether oxygens (including phenoxy) is 3. The van der Waals surface area contributed by atoms with Gasteiger partial charge in [0.25, 0.3) is 11.8 Å². The third kappa shape index (κ3) is 4.78. The minimum Gasteiger partial charge on any atom is -0.487 e. The van der Waals surface area contributed by atoms with E-state index >= 15 is 0 Å². The first kappa shape index (κ1) is 21.3. The van der Waals surface area contributed by atoms with E-state index in [-0.39, 0.29) is 18.4 Å². The summed E-state index contributed by atoms with van der Waals surface area (Å²) in [5.74, 6) is 1.75. The topological polar surface area (TPSA) is 81.2 Å². The molecule has 0 spiro atoms. The first-order valence-corrected chi connectivity index (χ1v) is 11.7. The van der Waals surface area contributed by atoms with Crippen LogP contribution in [0, 0.1) is 0 Å². The van der Waals surface area contributed by atoms with E-state index in [1.54, 1.807) is 45.6 Å². The SMILES string of the molecule is O=C(c1ccc(OCc2cscn2)cc1)N1CCN(C(=O)C2COc3ccccc3O2)CC1. The van der Waals surface area contributed by atoms with Crippen molar-refractivity contribution in [1.82, 2.24) is 14.8 Å². The van der Waals surface area contributed by atoms with Crippen LogP contribution >= 0.6 is 11.3 Å². The maximum absolute atomic E-state index is 12.9. The highest BCUT2D eigenvalue weighted by atomic mass is 32.1. The van der Waals surface area contributed by atoms with Crippen molar-refractivity contribution in [2.24, 2.45) is 0 Å². The van der Waals surface area contributed by atoms with Crippen LogP contribution in [0.15, 0.2) is 59.4 Å². The number of thiazole rings is 1. The molecule has 1 unspecified atom stereocenters. The summed E-state index contributed by atoms with van der Waals surface area (Å²) < 4.78 is 17.2. The molecule has 8 nitrogen and oxygen atoms in total. The smallest absolute Gasteiger partial charge is 0.267 e. The second-order valence-electron chi connectivity index (χ2n) is 7.77. The number of piperazine rings is 1. The molecule has 9 heteroatoms. The fourth-order valence-corrected chi connectivity index (χ4v) is 4.36. The predicted molar refractivity (Wildman–Crippen MR) is 122 cm³/mol. The number of aromatic nitrogens is 1. The van der Waals surface area contributed by atoms with Crippen LogP contribution in [-0.4, -0.2) is 65.5 Å². The molecule has 1 aromatic heterocycles. The van der Waals surface area contributed by atoms with Crippen molar-refractivity contribution in [2.75, 3.05) is 32.8 Å². The lowest BCUT2D eigenvalue weighted by molar-refractivity contribution is -0.142. The van der Waals surface area contributed by atoms with Crippen LogP contribution in [0.4, 0.5) is 0 Å². The average Bonchev–Trinajstić information content (AvgIpc) is 3.40. The Morgan fingerprint density at radius 3 is 2.45 bits per heavy atom. The van der Waals surface area contributed by atoms with E-state index in [9.17, 15) is 9.59 Å². The molecule has 0 N–H and O–H groups in total. The Hall–Kier alpha value is -3.59. The van der Waals surface area contributed by atoms with Crippen molar-refractivity contribution in [2.45, 2.75) is 12.7 Å². The van der Waals surface area contributed by atoms with Crippen LogP contribution in [0.3, 0.4) is 0 Å². The molecule has 33 heavy (non-hydrogen) atoms. The molecule has 3 aromatic rings. The van der Waals surface area contributed by atoms with Gasteiger partial charge in [0.05, 0.1) is 11.2 Å². The average molecular weight is 466 g/mol. The summed E-state index contributed by atoms with van der Waals surface area (Å²) in [6, 6.07) is 14.4. The van der Waals surface area contributed by atoms with Crippen molar-refractivity contribution in [1.29, 1.82) is 0 Å². The molecule has 2 aliphatic heterocycles. The van der Waals surface area contributed by atoms with Crippen molar-refractivity contribution >= 4 is 23.2 Å². The van der Waals surface area contributed by atoms with Gasteiger partial charge in [-0.05, 0) is 36.4 Å². The Labute approximate surface area is 195 Å². The molecule has 1 atom stereocenters. The van der Waals surface area contributed by atoms with E-state index in [0.717, 1.165) is 5.69 Å². The number of carbonyl (C=O) groups excluding carboxylic acids is 2. The van der Waals surface area contributed by atoms with Gasteiger partial charge in [0, 0.05) is 37.1 Å². The number of carbonyl (C=O) groups is 2. The Bertz CT molecular complexity index is 1110. The van der Waals surface area contributed by atoms with E-state index in [1.807, 2.05) is 23.6 Å². The molecule has 0 saturated carbocycles. The van der Waals surface area contributed by atoms with Gasteiger partial charge in [-0.2, -0.15) is 0 Å². The molecule has 5 rings (SSSR count). The maximum atomic E-state index is 12.9. The third-order valence-electron chi connectivity index (χ3n) is 5.63. The molecule has 3 heterocycles. The standard InChI is InChI=1S/C24H23N3O5S/c28-23(17-5-7-19(8-6-17)30-13-18-15-33-16-25-18)26-9-11-27(12-10-26)24(29)22-14-31-20-3-1-2-4-21(20)32-22/h1-8,15-16,22H,9-14H2. The van der Waals surface area contributed by atoms with Crippen LogP contribution < -0.4 is 14.2 Å². The number of para-hydroxylation sites is 2. The summed E-state index contributed by atoms with van der Waals surface area (Å²) in [7, 11) is 0. The Morgan fingerprint density at radius 2 is 1.73 bits per heavy atom.